The molecule has 6 atom stereocenters. The highest BCUT2D eigenvalue weighted by Crippen LogP contribution is 2.47. The molecule has 0 spiro atoms. The second kappa shape index (κ2) is 18.3. The molecule has 0 saturated heterocycles. The fraction of sp³-hybridized carbons (Fsp3) is 0.360. The molecule has 66 heavy (non-hydrogen) atoms. The van der Waals surface area contributed by atoms with Gasteiger partial charge in [0.25, 0.3) is 0 Å². The number of carbonyl (C=O) groups is 2. The largest absolute Gasteiger partial charge is 0.493 e. The number of esters is 2. The zero-order valence-electron chi connectivity index (χ0n) is 37.2. The molecular formula is C50H50N8O8. The van der Waals surface area contributed by atoms with Crippen LogP contribution in [0.1, 0.15) is 97.6 Å². The van der Waals surface area contributed by atoms with Crippen molar-refractivity contribution in [1.82, 2.24) is 29.1 Å². The van der Waals surface area contributed by atoms with Crippen molar-refractivity contribution in [3.63, 3.8) is 0 Å². The molecule has 16 nitrogen and oxygen atoms in total. The van der Waals surface area contributed by atoms with Gasteiger partial charge >= 0.3 is 11.9 Å². The smallest absolute Gasteiger partial charge is 0.417 e. The second-order valence-corrected chi connectivity index (χ2v) is 16.8. The number of aliphatic imine (C=N–C) groups is 2. The lowest BCUT2D eigenvalue weighted by atomic mass is 9.74. The molecule has 4 aliphatic rings. The van der Waals surface area contributed by atoms with E-state index in [2.05, 4.69) is 9.97 Å². The summed E-state index contributed by atoms with van der Waals surface area (Å²) in [4.78, 5) is 55.5. The Kier molecular flexibility index (Phi) is 11.8. The zero-order chi connectivity index (χ0) is 45.3. The summed E-state index contributed by atoms with van der Waals surface area (Å²) in [5, 5.41) is 0. The van der Waals surface area contributed by atoms with Crippen LogP contribution in [0.25, 0.3) is 11.6 Å². The average molecular weight is 891 g/mol. The van der Waals surface area contributed by atoms with Gasteiger partial charge in [-0.05, 0) is 112 Å². The van der Waals surface area contributed by atoms with Gasteiger partial charge in [0.2, 0.25) is 0 Å². The van der Waals surface area contributed by atoms with Crippen LogP contribution in [-0.4, -0.2) is 104 Å². The Morgan fingerprint density at radius 3 is 1.42 bits per heavy atom. The highest BCUT2D eigenvalue weighted by molar-refractivity contribution is 6.29. The number of rotatable bonds is 12. The minimum Gasteiger partial charge on any atom is -0.493 e. The highest BCUT2D eigenvalue weighted by atomic mass is 16.6. The average Bonchev–Trinajstić information content (AvgIpc) is 4.10. The summed E-state index contributed by atoms with van der Waals surface area (Å²) < 4.78 is 39.2. The number of nitrogens with zero attached hydrogens (tertiary/aromatic N) is 8. The first kappa shape index (κ1) is 42.6. The maximum absolute atomic E-state index is 13.6. The van der Waals surface area contributed by atoms with Gasteiger partial charge in [-0.25, -0.2) is 29.5 Å². The number of hydrogen-bond acceptors (Lipinski definition) is 14. The first-order valence-electron chi connectivity index (χ1n) is 22.5. The van der Waals surface area contributed by atoms with Crippen LogP contribution in [0.4, 0.5) is 0 Å². The topological polar surface area (TPSA) is 176 Å². The summed E-state index contributed by atoms with van der Waals surface area (Å²) in [7, 11) is 3.23. The van der Waals surface area contributed by atoms with Crippen molar-refractivity contribution in [3.05, 3.63) is 132 Å². The molecule has 338 valence electrons. The van der Waals surface area contributed by atoms with Crippen LogP contribution in [0.5, 0.6) is 23.0 Å². The van der Waals surface area contributed by atoms with Gasteiger partial charge in [0.15, 0.2) is 23.0 Å². The quantitative estimate of drug-likeness (QED) is 0.0897. The highest BCUT2D eigenvalue weighted by Gasteiger charge is 2.42. The van der Waals surface area contributed by atoms with Crippen LogP contribution >= 0.6 is 0 Å². The molecule has 16 heteroatoms. The van der Waals surface area contributed by atoms with Crippen molar-refractivity contribution >= 4 is 23.4 Å². The van der Waals surface area contributed by atoms with E-state index in [0.717, 1.165) is 56.4 Å². The summed E-state index contributed by atoms with van der Waals surface area (Å²) in [6.45, 7) is 4.77. The van der Waals surface area contributed by atoms with Crippen molar-refractivity contribution in [2.75, 3.05) is 27.4 Å². The standard InChI is InChI=1S/C50H50N8O8/c1-5-63-43-21-33-35-19-31(9-11-39(35)55-47(37(33)23-41(43)61-3)29-7-13-45(53-25-29)57-17-15-51-27-57)65-49(59)50(60)66-32-10-12-40-36(20-32)34-22-44(64-6-2)42(62-4)24-38(34)48(56-40)30-8-14-46(54-26-30)58-18-16-52-28-58/h7-8,13-18,21-28,31-32,35-36,39-40H,5-6,9-12,19-20H2,1-4H3/t31-,32-,35-,36-,39-,40-/m1/s1. The molecule has 2 saturated carbocycles. The van der Waals surface area contributed by atoms with E-state index in [9.17, 15) is 9.59 Å². The third-order valence-corrected chi connectivity index (χ3v) is 13.0. The van der Waals surface area contributed by atoms with Gasteiger partial charge < -0.3 is 28.4 Å². The first-order chi connectivity index (χ1) is 32.3. The Morgan fingerprint density at radius 1 is 0.606 bits per heavy atom. The van der Waals surface area contributed by atoms with Crippen molar-refractivity contribution in [2.24, 2.45) is 9.98 Å². The lowest BCUT2D eigenvalue weighted by Crippen LogP contribution is -2.39. The lowest BCUT2D eigenvalue weighted by Gasteiger charge is -2.39. The normalized spacial score (nSPS) is 21.7. The molecule has 6 heterocycles. The molecule has 0 unspecified atom stereocenters. The molecule has 2 aliphatic heterocycles. The van der Waals surface area contributed by atoms with Crippen molar-refractivity contribution in [1.29, 1.82) is 0 Å². The van der Waals surface area contributed by atoms with Crippen LogP contribution in [0.2, 0.25) is 0 Å². The van der Waals surface area contributed by atoms with Crippen LogP contribution in [-0.2, 0) is 19.1 Å². The Labute approximate surface area is 381 Å². The van der Waals surface area contributed by atoms with Crippen LogP contribution < -0.4 is 18.9 Å². The van der Waals surface area contributed by atoms with Crippen LogP contribution in [0, 0.1) is 0 Å². The van der Waals surface area contributed by atoms with E-state index in [1.54, 1.807) is 39.3 Å². The number of benzene rings is 2. The predicted molar refractivity (Wildman–Crippen MR) is 243 cm³/mol. The van der Waals surface area contributed by atoms with Gasteiger partial charge in [-0.3, -0.25) is 19.1 Å². The minimum absolute atomic E-state index is 0.0940. The summed E-state index contributed by atoms with van der Waals surface area (Å²) in [6.07, 6.45) is 16.4. The van der Waals surface area contributed by atoms with E-state index in [0.29, 0.717) is 74.7 Å². The van der Waals surface area contributed by atoms with Crippen molar-refractivity contribution in [3.8, 4) is 34.6 Å². The van der Waals surface area contributed by atoms with E-state index in [1.165, 1.54) is 0 Å². The molecule has 0 amide bonds. The molecule has 2 aliphatic carbocycles. The van der Waals surface area contributed by atoms with Gasteiger partial charge in [-0.2, -0.15) is 0 Å². The number of ether oxygens (including phenoxy) is 6. The molecule has 0 bridgehead atoms. The minimum atomic E-state index is -0.992. The molecule has 6 aromatic rings. The Morgan fingerprint density at radius 2 is 1.06 bits per heavy atom. The summed E-state index contributed by atoms with van der Waals surface area (Å²) in [6, 6.07) is 15.7. The summed E-state index contributed by atoms with van der Waals surface area (Å²) >= 11 is 0. The van der Waals surface area contributed by atoms with Gasteiger partial charge in [0, 0.05) is 71.3 Å². The number of imidazole rings is 2. The van der Waals surface area contributed by atoms with E-state index in [-0.39, 0.29) is 23.9 Å². The summed E-state index contributed by atoms with van der Waals surface area (Å²) in [5.41, 5.74) is 7.15. The molecule has 10 rings (SSSR count). The molecular weight excluding hydrogens is 841 g/mol. The summed E-state index contributed by atoms with van der Waals surface area (Å²) in [5.74, 6) is 1.72. The SMILES string of the molecule is CCOc1cc2c(cc1OC)C(c1ccc(-n3ccnc3)nc1)=N[C@@H]1CC[C@@H](OC(=O)C(=O)O[C@@H]3CC[C@H]4N=C(c5ccc(-n6ccnc6)nc5)c5cc(OC)c(OCC)cc5[C@H]4C3)C[C@H]21. The lowest BCUT2D eigenvalue weighted by molar-refractivity contribution is -0.176. The predicted octanol–water partition coefficient (Wildman–Crippen LogP) is 7.16. The number of fused-ring (bicyclic) bond motifs is 6. The maximum Gasteiger partial charge on any atom is 0.417 e. The fourth-order valence-corrected chi connectivity index (χ4v) is 9.93. The third-order valence-electron chi connectivity index (χ3n) is 13.0. The van der Waals surface area contributed by atoms with Gasteiger partial charge in [-0.15, -0.1) is 0 Å². The zero-order valence-corrected chi connectivity index (χ0v) is 37.2. The van der Waals surface area contributed by atoms with Gasteiger partial charge in [0.05, 0.1) is 50.9 Å². The number of carbonyl (C=O) groups excluding carboxylic acids is 2. The van der Waals surface area contributed by atoms with Gasteiger partial charge in [-0.1, -0.05) is 0 Å². The molecule has 0 radical (unpaired) electrons. The number of methoxy groups -OCH3 is 2. The second-order valence-electron chi connectivity index (χ2n) is 16.8. The molecule has 0 N–H and O–H groups in total. The van der Waals surface area contributed by atoms with E-state index in [1.807, 2.05) is 96.3 Å². The Bertz CT molecular complexity index is 2600. The number of pyridine rings is 2. The van der Waals surface area contributed by atoms with Crippen molar-refractivity contribution < 1.29 is 38.0 Å². The van der Waals surface area contributed by atoms with Crippen LogP contribution in [0.15, 0.2) is 108 Å². The molecule has 2 fully saturated rings. The molecule has 4 aromatic heterocycles. The van der Waals surface area contributed by atoms with Crippen LogP contribution in [0.3, 0.4) is 0 Å². The van der Waals surface area contributed by atoms with Gasteiger partial charge in [0.1, 0.15) is 36.5 Å². The number of aromatic nitrogens is 6. The van der Waals surface area contributed by atoms with E-state index in [4.69, 9.17) is 48.4 Å². The first-order valence-corrected chi connectivity index (χ1v) is 22.5. The maximum atomic E-state index is 13.6. The van der Waals surface area contributed by atoms with E-state index >= 15 is 0 Å². The monoisotopic (exact) mass is 890 g/mol. The fourth-order valence-electron chi connectivity index (χ4n) is 9.93. The molecule has 2 aromatic carbocycles. The Hall–Kier alpha value is -7.36. The third kappa shape index (κ3) is 8.15. The Balaban J connectivity index is 0.848. The van der Waals surface area contributed by atoms with E-state index < -0.39 is 24.1 Å². The van der Waals surface area contributed by atoms with Crippen molar-refractivity contribution in [2.45, 2.75) is 88.5 Å². The number of hydrogen-bond donors (Lipinski definition) is 0.